The van der Waals surface area contributed by atoms with Gasteiger partial charge in [0, 0.05) is 6.54 Å². The fourth-order valence-corrected chi connectivity index (χ4v) is 1.62. The lowest BCUT2D eigenvalue weighted by Gasteiger charge is -2.07. The quantitative estimate of drug-likeness (QED) is 0.787. The maximum absolute atomic E-state index is 5.71. The Morgan fingerprint density at radius 3 is 2.44 bits per heavy atom. The van der Waals surface area contributed by atoms with Crippen LogP contribution in [0.4, 0.5) is 0 Å². The fourth-order valence-electron chi connectivity index (χ4n) is 1.43. The number of para-hydroxylation sites is 1. The first-order valence-electron chi connectivity index (χ1n) is 5.07. The van der Waals surface area contributed by atoms with Gasteiger partial charge < -0.3 is 4.74 Å². The van der Waals surface area contributed by atoms with E-state index in [0.717, 1.165) is 23.6 Å². The highest BCUT2D eigenvalue weighted by Gasteiger charge is 1.97. The number of thiol groups is 1. The fraction of sp³-hybridized carbons (Fsp3) is 0.0769. The molecule has 0 aliphatic rings. The van der Waals surface area contributed by atoms with Gasteiger partial charge in [-0.2, -0.15) is 0 Å². The van der Waals surface area contributed by atoms with Crippen molar-refractivity contribution < 1.29 is 4.74 Å². The first-order valence-corrected chi connectivity index (χ1v) is 5.52. The molecule has 0 heterocycles. The second kappa shape index (κ2) is 5.58. The molecule has 0 amide bonds. The molecule has 3 heteroatoms. The largest absolute Gasteiger partial charge is 0.457 e. The molecule has 0 aromatic heterocycles. The van der Waals surface area contributed by atoms with Crippen LogP contribution in [0.2, 0.25) is 0 Å². The molecule has 2 nitrogen and oxygen atoms in total. The van der Waals surface area contributed by atoms with Gasteiger partial charge in [0.15, 0.2) is 0 Å². The summed E-state index contributed by atoms with van der Waals surface area (Å²) >= 11 is 3.97. The third kappa shape index (κ3) is 3.02. The van der Waals surface area contributed by atoms with Crippen LogP contribution in [0, 0.1) is 0 Å². The Kier molecular flexibility index (Phi) is 3.86. The van der Waals surface area contributed by atoms with E-state index in [-0.39, 0.29) is 0 Å². The molecule has 0 unspecified atom stereocenters. The normalized spacial score (nSPS) is 10.1. The van der Waals surface area contributed by atoms with Gasteiger partial charge in [-0.05, 0) is 29.8 Å². The number of rotatable bonds is 4. The first kappa shape index (κ1) is 11.0. The Bertz CT molecular complexity index is 445. The summed E-state index contributed by atoms with van der Waals surface area (Å²) in [6, 6.07) is 17.7. The van der Waals surface area contributed by atoms with Crippen LogP contribution in [0.1, 0.15) is 5.56 Å². The summed E-state index contributed by atoms with van der Waals surface area (Å²) in [5.41, 5.74) is 1.14. The van der Waals surface area contributed by atoms with Crippen LogP contribution in [0.25, 0.3) is 0 Å². The van der Waals surface area contributed by atoms with Crippen LogP contribution in [0.15, 0.2) is 54.6 Å². The molecule has 2 aromatic rings. The third-order valence-corrected chi connectivity index (χ3v) is 2.32. The summed E-state index contributed by atoms with van der Waals surface area (Å²) in [5.74, 6) is 1.69. The molecule has 0 aliphatic heterocycles. The minimum atomic E-state index is 0.717. The van der Waals surface area contributed by atoms with Crippen molar-refractivity contribution in [1.82, 2.24) is 4.72 Å². The molecule has 1 N–H and O–H groups in total. The van der Waals surface area contributed by atoms with E-state index in [4.69, 9.17) is 4.74 Å². The van der Waals surface area contributed by atoms with Crippen molar-refractivity contribution in [3.63, 3.8) is 0 Å². The third-order valence-electron chi connectivity index (χ3n) is 2.16. The molecule has 0 aliphatic carbocycles. The summed E-state index contributed by atoms with van der Waals surface area (Å²) in [6.07, 6.45) is 0. The number of hydrogen-bond acceptors (Lipinski definition) is 3. The number of nitrogens with one attached hydrogen (secondary N) is 1. The summed E-state index contributed by atoms with van der Waals surface area (Å²) in [4.78, 5) is 0. The highest BCUT2D eigenvalue weighted by molar-refractivity contribution is 7.78. The van der Waals surface area contributed by atoms with E-state index >= 15 is 0 Å². The van der Waals surface area contributed by atoms with Crippen LogP contribution in [0.3, 0.4) is 0 Å². The van der Waals surface area contributed by atoms with Gasteiger partial charge in [-0.25, -0.2) is 0 Å². The average molecular weight is 231 g/mol. The number of hydrogen-bond donors (Lipinski definition) is 2. The molecule has 0 bridgehead atoms. The van der Waals surface area contributed by atoms with Gasteiger partial charge in [0.05, 0.1) is 0 Å². The van der Waals surface area contributed by atoms with Gasteiger partial charge in [-0.1, -0.05) is 43.1 Å². The molecular weight excluding hydrogens is 218 g/mol. The molecule has 0 spiro atoms. The van der Waals surface area contributed by atoms with Crippen molar-refractivity contribution in [2.75, 3.05) is 0 Å². The Morgan fingerprint density at radius 2 is 1.69 bits per heavy atom. The molecule has 16 heavy (non-hydrogen) atoms. The van der Waals surface area contributed by atoms with Crippen LogP contribution in [-0.2, 0) is 6.54 Å². The van der Waals surface area contributed by atoms with Crippen molar-refractivity contribution in [2.24, 2.45) is 0 Å². The summed E-state index contributed by atoms with van der Waals surface area (Å²) < 4.78 is 8.53. The number of ether oxygens (including phenoxy) is 1. The smallest absolute Gasteiger partial charge is 0.127 e. The second-order valence-electron chi connectivity index (χ2n) is 3.40. The second-order valence-corrected chi connectivity index (χ2v) is 3.71. The zero-order valence-corrected chi connectivity index (χ0v) is 9.65. The van der Waals surface area contributed by atoms with Gasteiger partial charge in [0.1, 0.15) is 11.5 Å². The average Bonchev–Trinajstić information content (AvgIpc) is 2.31. The predicted octanol–water partition coefficient (Wildman–Crippen LogP) is 3.41. The molecule has 0 fully saturated rings. The van der Waals surface area contributed by atoms with Crippen molar-refractivity contribution in [1.29, 1.82) is 0 Å². The van der Waals surface area contributed by atoms with Gasteiger partial charge >= 0.3 is 0 Å². The van der Waals surface area contributed by atoms with E-state index < -0.39 is 0 Å². The summed E-state index contributed by atoms with van der Waals surface area (Å²) in [5, 5.41) is 0. The lowest BCUT2D eigenvalue weighted by Crippen LogP contribution is -1.98. The molecular formula is C13H13NOS. The first-order chi connectivity index (χ1) is 7.88. The topological polar surface area (TPSA) is 21.3 Å². The maximum Gasteiger partial charge on any atom is 0.127 e. The summed E-state index contributed by atoms with van der Waals surface area (Å²) in [6.45, 7) is 0.717. The molecule has 0 radical (unpaired) electrons. The zero-order valence-electron chi connectivity index (χ0n) is 8.76. The minimum Gasteiger partial charge on any atom is -0.457 e. The van der Waals surface area contributed by atoms with Crippen LogP contribution < -0.4 is 9.46 Å². The van der Waals surface area contributed by atoms with E-state index in [1.165, 1.54) is 0 Å². The van der Waals surface area contributed by atoms with Crippen LogP contribution >= 0.6 is 12.8 Å². The van der Waals surface area contributed by atoms with Crippen LogP contribution in [-0.4, -0.2) is 0 Å². The highest BCUT2D eigenvalue weighted by Crippen LogP contribution is 2.21. The van der Waals surface area contributed by atoms with Crippen molar-refractivity contribution in [3.8, 4) is 11.5 Å². The lowest BCUT2D eigenvalue weighted by atomic mass is 10.2. The van der Waals surface area contributed by atoms with Crippen molar-refractivity contribution in [3.05, 3.63) is 60.2 Å². The maximum atomic E-state index is 5.71. The number of benzene rings is 2. The van der Waals surface area contributed by atoms with Gasteiger partial charge in [-0.3, -0.25) is 4.72 Å². The predicted molar refractivity (Wildman–Crippen MR) is 68.8 cm³/mol. The Hall–Kier alpha value is -1.45. The zero-order chi connectivity index (χ0) is 11.2. The van der Waals surface area contributed by atoms with E-state index in [2.05, 4.69) is 17.5 Å². The monoisotopic (exact) mass is 231 g/mol. The molecule has 0 saturated carbocycles. The van der Waals surface area contributed by atoms with E-state index in [1.54, 1.807) is 0 Å². The van der Waals surface area contributed by atoms with Gasteiger partial charge in [0.25, 0.3) is 0 Å². The van der Waals surface area contributed by atoms with Crippen molar-refractivity contribution >= 4 is 12.8 Å². The van der Waals surface area contributed by atoms with Gasteiger partial charge in [-0.15, -0.1) is 0 Å². The molecule has 0 saturated heterocycles. The minimum absolute atomic E-state index is 0.717. The molecule has 2 rings (SSSR count). The Balaban J connectivity index is 2.12. The standard InChI is InChI=1S/C13H13NOS/c16-14-10-11-5-4-8-13(9-11)15-12-6-2-1-3-7-12/h1-9,14,16H,10H2. The highest BCUT2D eigenvalue weighted by atomic mass is 32.1. The molecule has 2 aromatic carbocycles. The molecule has 0 atom stereocenters. The Labute approximate surface area is 101 Å². The van der Waals surface area contributed by atoms with Gasteiger partial charge in [0.2, 0.25) is 0 Å². The summed E-state index contributed by atoms with van der Waals surface area (Å²) in [7, 11) is 0. The van der Waals surface area contributed by atoms with Crippen molar-refractivity contribution in [2.45, 2.75) is 6.54 Å². The van der Waals surface area contributed by atoms with E-state index in [1.807, 2.05) is 54.6 Å². The van der Waals surface area contributed by atoms with E-state index in [9.17, 15) is 0 Å². The van der Waals surface area contributed by atoms with E-state index in [0.29, 0.717) is 0 Å². The lowest BCUT2D eigenvalue weighted by molar-refractivity contribution is 0.482. The van der Waals surface area contributed by atoms with Crippen LogP contribution in [0.5, 0.6) is 11.5 Å². The molecule has 82 valence electrons. The SMILES string of the molecule is SNCc1cccc(Oc2ccccc2)c1. The Morgan fingerprint density at radius 1 is 0.938 bits per heavy atom.